The van der Waals surface area contributed by atoms with Gasteiger partial charge in [0.25, 0.3) is 0 Å². The molecule has 0 aromatic rings. The molecule has 4 rings (SSSR count). The van der Waals surface area contributed by atoms with Gasteiger partial charge in [-0.25, -0.2) is 0 Å². The number of hydrogen-bond donors (Lipinski definition) is 1. The number of allylic oxidation sites excluding steroid dienone is 4. The molecule has 0 heterocycles. The van der Waals surface area contributed by atoms with Crippen molar-refractivity contribution in [1.29, 1.82) is 0 Å². The van der Waals surface area contributed by atoms with Crippen LogP contribution < -0.4 is 5.73 Å². The maximum absolute atomic E-state index is 13.0. The van der Waals surface area contributed by atoms with Crippen LogP contribution in [0.15, 0.2) is 23.3 Å². The summed E-state index contributed by atoms with van der Waals surface area (Å²) in [6.07, 6.45) is 13.2. The Labute approximate surface area is 175 Å². The fraction of sp³-hybridized carbons (Fsp3) is 0.760. The Kier molecular flexibility index (Phi) is 5.87. The zero-order valence-electron chi connectivity index (χ0n) is 18.2. The van der Waals surface area contributed by atoms with E-state index in [0.717, 1.165) is 51.4 Å². The first-order valence-electron chi connectivity index (χ1n) is 11.6. The molecule has 2 fully saturated rings. The number of unbranched alkanes of at least 4 members (excludes halogenated alkanes) is 1. The lowest BCUT2D eigenvalue weighted by Gasteiger charge is -2.53. The van der Waals surface area contributed by atoms with Crippen LogP contribution in [0.3, 0.4) is 0 Å². The third-order valence-electron chi connectivity index (χ3n) is 8.71. The lowest BCUT2D eigenvalue weighted by Crippen LogP contribution is -2.45. The van der Waals surface area contributed by atoms with Crippen molar-refractivity contribution < 1.29 is 14.3 Å². The Hall–Kier alpha value is -1.26. The van der Waals surface area contributed by atoms with Crippen LogP contribution in [-0.2, 0) is 14.3 Å². The van der Waals surface area contributed by atoms with E-state index in [1.165, 1.54) is 5.57 Å². The Balaban J connectivity index is 1.49. The Morgan fingerprint density at radius 2 is 2.03 bits per heavy atom. The average molecular weight is 400 g/mol. The van der Waals surface area contributed by atoms with Crippen molar-refractivity contribution in [1.82, 2.24) is 0 Å². The average Bonchev–Trinajstić information content (AvgIpc) is 3.05. The van der Waals surface area contributed by atoms with Gasteiger partial charge in [-0.05, 0) is 81.2 Å². The van der Waals surface area contributed by atoms with E-state index in [-0.39, 0.29) is 23.4 Å². The molecule has 4 aliphatic rings. The van der Waals surface area contributed by atoms with E-state index in [4.69, 9.17) is 10.5 Å². The van der Waals surface area contributed by atoms with E-state index in [1.54, 1.807) is 5.57 Å². The summed E-state index contributed by atoms with van der Waals surface area (Å²) in [7, 11) is 0. The summed E-state index contributed by atoms with van der Waals surface area (Å²) in [4.78, 5) is 25.0. The minimum absolute atomic E-state index is 0.0634. The molecule has 2 saturated carbocycles. The first-order chi connectivity index (χ1) is 13.9. The fourth-order valence-corrected chi connectivity index (χ4v) is 7.01. The van der Waals surface area contributed by atoms with E-state index in [0.29, 0.717) is 43.0 Å². The summed E-state index contributed by atoms with van der Waals surface area (Å²) in [6, 6.07) is 0. The predicted molar refractivity (Wildman–Crippen MR) is 114 cm³/mol. The number of ketones is 2. The summed E-state index contributed by atoms with van der Waals surface area (Å²) in [5, 5.41) is 0. The van der Waals surface area contributed by atoms with Crippen molar-refractivity contribution >= 4 is 11.6 Å². The molecular formula is C25H37NO3. The largest absolute Gasteiger partial charge is 0.374 e. The first kappa shape index (κ1) is 21.0. The van der Waals surface area contributed by atoms with Gasteiger partial charge in [-0.15, -0.1) is 0 Å². The highest BCUT2D eigenvalue weighted by Gasteiger charge is 2.57. The molecule has 0 saturated heterocycles. The minimum atomic E-state index is 0.0634. The zero-order valence-corrected chi connectivity index (χ0v) is 18.2. The van der Waals surface area contributed by atoms with Gasteiger partial charge in [0.1, 0.15) is 6.61 Å². The van der Waals surface area contributed by atoms with Crippen molar-refractivity contribution in [2.45, 2.75) is 71.6 Å². The lowest BCUT2D eigenvalue weighted by atomic mass is 9.51. The van der Waals surface area contributed by atoms with Crippen LogP contribution in [0.4, 0.5) is 0 Å². The van der Waals surface area contributed by atoms with Crippen LogP contribution in [0, 0.1) is 28.6 Å². The lowest BCUT2D eigenvalue weighted by molar-refractivity contribution is -0.131. The highest BCUT2D eigenvalue weighted by molar-refractivity contribution is 5.92. The number of hydrogen-bond acceptors (Lipinski definition) is 4. The van der Waals surface area contributed by atoms with Crippen LogP contribution in [0.25, 0.3) is 0 Å². The summed E-state index contributed by atoms with van der Waals surface area (Å²) < 4.78 is 5.68. The van der Waals surface area contributed by atoms with Crippen LogP contribution in [0.1, 0.15) is 71.6 Å². The molecule has 5 atom stereocenters. The molecule has 0 spiro atoms. The molecule has 0 aromatic heterocycles. The van der Waals surface area contributed by atoms with E-state index in [2.05, 4.69) is 19.9 Å². The Bertz CT molecular complexity index is 738. The van der Waals surface area contributed by atoms with Crippen molar-refractivity contribution in [2.24, 2.45) is 34.3 Å². The number of Topliss-reactive ketones (excluding diaryl/α,β-unsaturated/α-hetero) is 1. The van der Waals surface area contributed by atoms with Gasteiger partial charge < -0.3 is 10.5 Å². The molecule has 0 aromatic carbocycles. The first-order valence-corrected chi connectivity index (χ1v) is 11.6. The summed E-state index contributed by atoms with van der Waals surface area (Å²) >= 11 is 0. The van der Waals surface area contributed by atoms with Crippen LogP contribution in [0.5, 0.6) is 0 Å². The number of carbonyl (C=O) groups excluding carboxylic acids is 2. The van der Waals surface area contributed by atoms with Crippen LogP contribution in [-0.4, -0.2) is 31.3 Å². The van der Waals surface area contributed by atoms with Gasteiger partial charge in [0, 0.05) is 24.4 Å². The second kappa shape index (κ2) is 8.11. The molecule has 4 nitrogen and oxygen atoms in total. The second-order valence-electron chi connectivity index (χ2n) is 10.2. The van der Waals surface area contributed by atoms with Crippen LogP contribution >= 0.6 is 0 Å². The van der Waals surface area contributed by atoms with E-state index in [9.17, 15) is 9.59 Å². The summed E-state index contributed by atoms with van der Waals surface area (Å²) in [5.41, 5.74) is 8.60. The zero-order chi connectivity index (χ0) is 20.6. The number of rotatable bonds is 7. The molecule has 0 bridgehead atoms. The van der Waals surface area contributed by atoms with Gasteiger partial charge in [-0.3, -0.25) is 9.59 Å². The fourth-order valence-electron chi connectivity index (χ4n) is 7.01. The standard InChI is InChI=1S/C25H37NO3/c1-24-11-9-18(27)15-17(24)5-6-19-20-7-8-22(25(20,2)12-10-21(19)24)23(28)16-29-14-4-3-13-26/h10,15,19-20,22H,3-9,11-14,16,26H2,1-2H3/t19?,20?,22-,24+,25+/m1/s1. The number of carbonyl (C=O) groups is 2. The molecule has 4 heteroatoms. The monoisotopic (exact) mass is 399 g/mol. The van der Waals surface area contributed by atoms with Crippen molar-refractivity contribution in [3.8, 4) is 0 Å². The number of nitrogens with two attached hydrogens (primary N) is 1. The molecule has 29 heavy (non-hydrogen) atoms. The molecule has 0 amide bonds. The van der Waals surface area contributed by atoms with Gasteiger partial charge >= 0.3 is 0 Å². The van der Waals surface area contributed by atoms with Gasteiger partial charge in [0.2, 0.25) is 0 Å². The number of ether oxygens (including phenoxy) is 1. The maximum atomic E-state index is 13.0. The molecule has 2 N–H and O–H groups in total. The third kappa shape index (κ3) is 3.57. The molecule has 160 valence electrons. The maximum Gasteiger partial charge on any atom is 0.162 e. The SMILES string of the molecule is C[C@]12CCC(=O)C=C1CCC1C2=CC[C@@]2(C)C1CC[C@@H]2C(=O)COCCCCN. The topological polar surface area (TPSA) is 69.4 Å². The Morgan fingerprint density at radius 1 is 1.21 bits per heavy atom. The van der Waals surface area contributed by atoms with Gasteiger partial charge in [0.05, 0.1) is 0 Å². The number of fused-ring (bicyclic) bond motifs is 5. The van der Waals surface area contributed by atoms with E-state index >= 15 is 0 Å². The highest BCUT2D eigenvalue weighted by atomic mass is 16.5. The predicted octanol–water partition coefficient (Wildman–Crippen LogP) is 4.38. The molecule has 0 radical (unpaired) electrons. The van der Waals surface area contributed by atoms with E-state index < -0.39 is 0 Å². The quantitative estimate of drug-likeness (QED) is 0.509. The summed E-state index contributed by atoms with van der Waals surface area (Å²) in [5.74, 6) is 1.88. The minimum Gasteiger partial charge on any atom is -0.374 e. The third-order valence-corrected chi connectivity index (χ3v) is 8.71. The summed E-state index contributed by atoms with van der Waals surface area (Å²) in [6.45, 7) is 6.28. The molecule has 0 aliphatic heterocycles. The smallest absolute Gasteiger partial charge is 0.162 e. The highest BCUT2D eigenvalue weighted by Crippen LogP contribution is 2.64. The van der Waals surface area contributed by atoms with Gasteiger partial charge in [0.15, 0.2) is 11.6 Å². The van der Waals surface area contributed by atoms with Crippen molar-refractivity contribution in [3.63, 3.8) is 0 Å². The second-order valence-corrected chi connectivity index (χ2v) is 10.2. The molecular weight excluding hydrogens is 362 g/mol. The molecule has 4 aliphatic carbocycles. The Morgan fingerprint density at radius 3 is 2.83 bits per heavy atom. The van der Waals surface area contributed by atoms with Crippen LogP contribution in [0.2, 0.25) is 0 Å². The van der Waals surface area contributed by atoms with Crippen molar-refractivity contribution in [3.05, 3.63) is 23.3 Å². The van der Waals surface area contributed by atoms with Crippen molar-refractivity contribution in [2.75, 3.05) is 19.8 Å². The van der Waals surface area contributed by atoms with Gasteiger partial charge in [-0.1, -0.05) is 31.1 Å². The van der Waals surface area contributed by atoms with Gasteiger partial charge in [-0.2, -0.15) is 0 Å². The molecule has 2 unspecified atom stereocenters. The van der Waals surface area contributed by atoms with E-state index in [1.807, 2.05) is 6.08 Å². The normalized spacial score (nSPS) is 38.6.